The van der Waals surface area contributed by atoms with Crippen LogP contribution in [0.25, 0.3) is 27.1 Å². The molecule has 2 nitrogen and oxygen atoms in total. The van der Waals surface area contributed by atoms with Crippen molar-refractivity contribution in [1.82, 2.24) is 0 Å². The van der Waals surface area contributed by atoms with Gasteiger partial charge in [-0.1, -0.05) is 158 Å². The number of rotatable bonds is 7. The van der Waals surface area contributed by atoms with E-state index in [-0.39, 0.29) is 12.0 Å². The fraction of sp³-hybridized carbons (Fsp3) is 0.0769. The summed E-state index contributed by atoms with van der Waals surface area (Å²) in [7, 11) is 0. The maximum absolute atomic E-state index is 2.59. The van der Waals surface area contributed by atoms with E-state index in [1.807, 2.05) is 0 Å². The Morgan fingerprint density at radius 2 is 0.870 bits per heavy atom. The van der Waals surface area contributed by atoms with E-state index in [2.05, 4.69) is 216 Å². The van der Waals surface area contributed by atoms with E-state index >= 15 is 0 Å². The SMILES string of the molecule is C1=CC2=C(c3c4ccccc4c(N(c4ccccc4)c4ccccc4)c4ccccc34)c3ccccc3C(N(c3ccccc3)c3ccccc3)C2CC1. The minimum Gasteiger partial charge on any atom is -0.333 e. The number of hydrogen-bond acceptors (Lipinski definition) is 2. The molecule has 0 radical (unpaired) electrons. The zero-order valence-corrected chi connectivity index (χ0v) is 30.1. The Morgan fingerprint density at radius 3 is 1.41 bits per heavy atom. The fourth-order valence-electron chi connectivity index (χ4n) is 9.14. The summed E-state index contributed by atoms with van der Waals surface area (Å²) in [4.78, 5) is 5.04. The molecular weight excluding hydrogens is 653 g/mol. The topological polar surface area (TPSA) is 6.48 Å². The molecule has 0 aromatic heterocycles. The van der Waals surface area contributed by atoms with Crippen molar-refractivity contribution in [3.05, 3.63) is 229 Å². The van der Waals surface area contributed by atoms with E-state index in [4.69, 9.17) is 0 Å². The van der Waals surface area contributed by atoms with Crippen LogP contribution in [0.1, 0.15) is 35.6 Å². The molecule has 0 bridgehead atoms. The minimum absolute atomic E-state index is 0.123. The van der Waals surface area contributed by atoms with E-state index in [1.165, 1.54) is 66.4 Å². The second-order valence-corrected chi connectivity index (χ2v) is 14.3. The van der Waals surface area contributed by atoms with Gasteiger partial charge in [-0.25, -0.2) is 0 Å². The number of fused-ring (bicyclic) bond motifs is 4. The van der Waals surface area contributed by atoms with E-state index in [1.54, 1.807) is 0 Å². The molecular formula is C52H40N2. The molecule has 0 saturated carbocycles. The smallest absolute Gasteiger partial charge is 0.0666 e. The first kappa shape index (κ1) is 32.0. The van der Waals surface area contributed by atoms with Crippen molar-refractivity contribution in [2.24, 2.45) is 5.92 Å². The van der Waals surface area contributed by atoms with E-state index in [0.29, 0.717) is 0 Å². The zero-order chi connectivity index (χ0) is 35.8. The van der Waals surface area contributed by atoms with Crippen molar-refractivity contribution in [3.8, 4) is 0 Å². The lowest BCUT2D eigenvalue weighted by Crippen LogP contribution is -2.35. The van der Waals surface area contributed by atoms with Crippen molar-refractivity contribution in [2.75, 3.05) is 9.80 Å². The van der Waals surface area contributed by atoms with Gasteiger partial charge in [0.05, 0.1) is 11.7 Å². The van der Waals surface area contributed by atoms with E-state index in [9.17, 15) is 0 Å². The molecule has 8 aromatic rings. The van der Waals surface area contributed by atoms with Crippen molar-refractivity contribution in [1.29, 1.82) is 0 Å². The maximum atomic E-state index is 2.59. The molecule has 0 fully saturated rings. The summed E-state index contributed by atoms with van der Waals surface area (Å²) < 4.78 is 0. The van der Waals surface area contributed by atoms with Crippen LogP contribution < -0.4 is 9.80 Å². The molecule has 2 heteroatoms. The van der Waals surface area contributed by atoms with Gasteiger partial charge in [-0.2, -0.15) is 0 Å². The van der Waals surface area contributed by atoms with Crippen molar-refractivity contribution in [2.45, 2.75) is 18.9 Å². The van der Waals surface area contributed by atoms with Crippen LogP contribution in [0, 0.1) is 5.92 Å². The first-order valence-corrected chi connectivity index (χ1v) is 19.1. The molecule has 0 spiro atoms. The Morgan fingerprint density at radius 1 is 0.426 bits per heavy atom. The highest BCUT2D eigenvalue weighted by atomic mass is 15.2. The number of para-hydroxylation sites is 4. The summed E-state index contributed by atoms with van der Waals surface area (Å²) in [6, 6.07) is 71.0. The monoisotopic (exact) mass is 692 g/mol. The quantitative estimate of drug-likeness (QED) is 0.153. The zero-order valence-electron chi connectivity index (χ0n) is 30.1. The van der Waals surface area contributed by atoms with Crippen LogP contribution in [0.3, 0.4) is 0 Å². The van der Waals surface area contributed by atoms with Gasteiger partial charge in [0.1, 0.15) is 0 Å². The van der Waals surface area contributed by atoms with Crippen LogP contribution in [0.2, 0.25) is 0 Å². The van der Waals surface area contributed by atoms with Crippen LogP contribution in [-0.4, -0.2) is 0 Å². The molecule has 10 rings (SSSR count). The highest BCUT2D eigenvalue weighted by Crippen LogP contribution is 2.56. The van der Waals surface area contributed by atoms with Gasteiger partial charge in [-0.3, -0.25) is 0 Å². The van der Waals surface area contributed by atoms with Crippen LogP contribution in [0.15, 0.2) is 212 Å². The predicted molar refractivity (Wildman–Crippen MR) is 228 cm³/mol. The van der Waals surface area contributed by atoms with Crippen LogP contribution in [0.5, 0.6) is 0 Å². The maximum Gasteiger partial charge on any atom is 0.0666 e. The summed E-state index contributed by atoms with van der Waals surface area (Å²) in [6.07, 6.45) is 6.99. The van der Waals surface area contributed by atoms with Crippen LogP contribution >= 0.6 is 0 Å². The molecule has 0 N–H and O–H groups in total. The standard InChI is InChI=1S/C52H40N2/c1-5-21-37(22-6-1)53(38-23-7-2-8-24-38)51-45-33-17-13-29-41(45)49(42-30-14-18-34-46(42)51)50-43-31-15-19-35-47(43)52(48-36-20-16-32-44(48)50)54(39-25-9-3-10-26-39)40-27-11-4-12-28-40/h1-19,21-35,48,52H,20,36H2. The number of nitrogens with zero attached hydrogens (tertiary/aromatic N) is 2. The summed E-state index contributed by atoms with van der Waals surface area (Å²) >= 11 is 0. The molecule has 258 valence electrons. The van der Waals surface area contributed by atoms with E-state index < -0.39 is 0 Å². The molecule has 2 atom stereocenters. The molecule has 0 saturated heterocycles. The fourth-order valence-corrected chi connectivity index (χ4v) is 9.14. The third kappa shape index (κ3) is 5.33. The number of benzene rings is 8. The Bertz CT molecular complexity index is 2530. The largest absolute Gasteiger partial charge is 0.333 e. The van der Waals surface area contributed by atoms with Gasteiger partial charge < -0.3 is 9.80 Å². The lowest BCUT2D eigenvalue weighted by Gasteiger charge is -2.45. The first-order chi connectivity index (χ1) is 26.9. The van der Waals surface area contributed by atoms with Gasteiger partial charge in [-0.15, -0.1) is 0 Å². The van der Waals surface area contributed by atoms with Crippen LogP contribution in [-0.2, 0) is 0 Å². The summed E-state index contributed by atoms with van der Waals surface area (Å²) in [5.74, 6) is 0.280. The average molecular weight is 693 g/mol. The molecule has 54 heavy (non-hydrogen) atoms. The summed E-state index contributed by atoms with van der Waals surface area (Å²) in [5.41, 5.74) is 12.7. The Hall–Kier alpha value is -6.64. The highest BCUT2D eigenvalue weighted by molar-refractivity contribution is 6.21. The molecule has 2 aliphatic carbocycles. The van der Waals surface area contributed by atoms with Gasteiger partial charge in [-0.05, 0) is 100.0 Å². The van der Waals surface area contributed by atoms with Gasteiger partial charge in [0.15, 0.2) is 0 Å². The number of hydrogen-bond donors (Lipinski definition) is 0. The second kappa shape index (κ2) is 13.7. The van der Waals surface area contributed by atoms with Crippen molar-refractivity contribution >= 4 is 55.6 Å². The predicted octanol–water partition coefficient (Wildman–Crippen LogP) is 14.1. The number of allylic oxidation sites excluding steroid dienone is 2. The lowest BCUT2D eigenvalue weighted by molar-refractivity contribution is 0.452. The molecule has 2 unspecified atom stereocenters. The molecule has 0 heterocycles. The van der Waals surface area contributed by atoms with Gasteiger partial charge in [0.25, 0.3) is 0 Å². The van der Waals surface area contributed by atoms with Crippen molar-refractivity contribution in [3.63, 3.8) is 0 Å². The normalized spacial score (nSPS) is 16.2. The Balaban J connectivity index is 1.28. The minimum atomic E-state index is 0.123. The van der Waals surface area contributed by atoms with Gasteiger partial charge in [0, 0.05) is 39.4 Å². The number of anilines is 5. The molecule has 8 aromatic carbocycles. The summed E-state index contributed by atoms with van der Waals surface area (Å²) in [5, 5.41) is 5.00. The molecule has 0 amide bonds. The van der Waals surface area contributed by atoms with Crippen LogP contribution in [0.4, 0.5) is 28.4 Å². The summed E-state index contributed by atoms with van der Waals surface area (Å²) in [6.45, 7) is 0. The average Bonchev–Trinajstić information content (AvgIpc) is 3.25. The second-order valence-electron chi connectivity index (χ2n) is 14.3. The van der Waals surface area contributed by atoms with Gasteiger partial charge >= 0.3 is 0 Å². The molecule has 2 aliphatic rings. The third-order valence-electron chi connectivity index (χ3n) is 11.3. The third-order valence-corrected chi connectivity index (χ3v) is 11.3. The van der Waals surface area contributed by atoms with Gasteiger partial charge in [0.2, 0.25) is 0 Å². The Labute approximate surface area is 317 Å². The highest BCUT2D eigenvalue weighted by Gasteiger charge is 2.40. The molecule has 0 aliphatic heterocycles. The van der Waals surface area contributed by atoms with E-state index in [0.717, 1.165) is 24.2 Å². The first-order valence-electron chi connectivity index (χ1n) is 19.1. The Kier molecular flexibility index (Phi) is 8.15. The van der Waals surface area contributed by atoms with Crippen molar-refractivity contribution < 1.29 is 0 Å². The lowest BCUT2D eigenvalue weighted by atomic mass is 9.68.